The zero-order valence-electron chi connectivity index (χ0n) is 35.1. The number of H-pyrrole nitrogens is 1. The van der Waals surface area contributed by atoms with Crippen LogP contribution >= 0.6 is 27.3 Å². The Hall–Kier alpha value is -3.29. The van der Waals surface area contributed by atoms with Gasteiger partial charge in [-0.05, 0) is 93.0 Å². The van der Waals surface area contributed by atoms with Gasteiger partial charge in [-0.1, -0.05) is 44.8 Å². The van der Waals surface area contributed by atoms with Gasteiger partial charge in [0.1, 0.15) is 11.9 Å². The van der Waals surface area contributed by atoms with Gasteiger partial charge in [-0.3, -0.25) is 4.79 Å². The highest BCUT2D eigenvalue weighted by Gasteiger charge is 2.48. The number of rotatable bonds is 24. The van der Waals surface area contributed by atoms with Crippen LogP contribution in [-0.4, -0.2) is 110 Å². The molecule has 60 heavy (non-hydrogen) atoms. The number of fused-ring (bicyclic) bond motifs is 1. The zero-order chi connectivity index (χ0) is 43.8. The van der Waals surface area contributed by atoms with Crippen molar-refractivity contribution in [1.29, 1.82) is 0 Å². The van der Waals surface area contributed by atoms with Crippen molar-refractivity contribution < 1.29 is 48.6 Å². The lowest BCUT2D eigenvalue weighted by molar-refractivity contribution is -0.165. The number of hydrogen-bond donors (Lipinski definition) is 7. The lowest BCUT2D eigenvalue weighted by Gasteiger charge is -2.38. The number of carbonyl (C=O) groups is 2. The Morgan fingerprint density at radius 3 is 2.55 bits per heavy atom. The second-order valence-electron chi connectivity index (χ2n) is 15.8. The van der Waals surface area contributed by atoms with E-state index < -0.39 is 42.2 Å². The Bertz CT molecular complexity index is 1820. The second kappa shape index (κ2) is 25.0. The fourth-order valence-electron chi connectivity index (χ4n) is 7.02. The van der Waals surface area contributed by atoms with Gasteiger partial charge in [0.2, 0.25) is 5.95 Å². The van der Waals surface area contributed by atoms with Crippen LogP contribution in [0.25, 0.3) is 17.0 Å². The first-order valence-corrected chi connectivity index (χ1v) is 22.5. The molecule has 7 N–H and O–H groups in total. The third kappa shape index (κ3) is 15.9. The number of aliphatic carboxylic acids is 1. The molecule has 0 spiro atoms. The summed E-state index contributed by atoms with van der Waals surface area (Å²) in [6.45, 7) is 13.8. The predicted octanol–water partition coefficient (Wildman–Crippen LogP) is 7.21. The number of hydrogen-bond acceptors (Lipinski definition) is 13. The molecule has 0 unspecified atom stereocenters. The number of carboxylic acid groups (broad SMARTS) is 1. The van der Waals surface area contributed by atoms with Gasteiger partial charge in [-0.15, -0.1) is 11.3 Å². The molecule has 5 rings (SSSR count). The molecule has 8 atom stereocenters. The van der Waals surface area contributed by atoms with Gasteiger partial charge in [-0.2, -0.15) is 4.98 Å². The maximum Gasteiger partial charge on any atom is 0.330 e. The number of nitrogens with one attached hydrogen (secondary N) is 3. The minimum Gasteiger partial charge on any atom is -0.481 e. The van der Waals surface area contributed by atoms with E-state index in [2.05, 4.69) is 48.1 Å². The summed E-state index contributed by atoms with van der Waals surface area (Å²) in [6.07, 6.45) is 7.28. The maximum atomic E-state index is 13.4. The largest absolute Gasteiger partial charge is 0.481 e. The molecule has 0 aromatic carbocycles. The number of carboxylic acids is 1. The number of aromatic nitrogens is 3. The third-order valence-corrected chi connectivity index (χ3v) is 13.5. The lowest BCUT2D eigenvalue weighted by Crippen LogP contribution is -2.50. The molecule has 0 aliphatic carbocycles. The van der Waals surface area contributed by atoms with Crippen LogP contribution in [0.3, 0.4) is 0 Å². The van der Waals surface area contributed by atoms with Crippen molar-refractivity contribution in [3.63, 3.8) is 0 Å². The van der Waals surface area contributed by atoms with Crippen LogP contribution in [0.2, 0.25) is 0 Å². The van der Waals surface area contributed by atoms with E-state index in [1.807, 2.05) is 26.0 Å². The highest BCUT2D eigenvalue weighted by Crippen LogP contribution is 2.39. The molecule has 334 valence electrons. The second-order valence-corrected chi connectivity index (χ2v) is 17.7. The van der Waals surface area contributed by atoms with Crippen molar-refractivity contribution in [2.75, 3.05) is 31.6 Å². The van der Waals surface area contributed by atoms with Crippen LogP contribution in [0.1, 0.15) is 100 Å². The third-order valence-electron chi connectivity index (χ3n) is 10.9. The van der Waals surface area contributed by atoms with Crippen molar-refractivity contribution >= 4 is 62.1 Å². The number of unbranched alkanes of at least 4 members (excludes halogenated alkanes) is 5. The number of nitrogens with zero attached hydrogens (tertiary/aromatic N) is 2. The van der Waals surface area contributed by atoms with Crippen LogP contribution in [0, 0.1) is 18.8 Å². The monoisotopic (exact) mass is 923 g/mol. The minimum absolute atomic E-state index is 0.0160. The molecule has 14 nitrogen and oxygen atoms in total. The number of anilines is 1. The van der Waals surface area contributed by atoms with Crippen molar-refractivity contribution in [2.45, 2.75) is 135 Å². The smallest absolute Gasteiger partial charge is 0.330 e. The summed E-state index contributed by atoms with van der Waals surface area (Å²) in [7, 11) is 0. The van der Waals surface area contributed by atoms with Gasteiger partial charge in [-0.25, -0.2) is 14.2 Å². The van der Waals surface area contributed by atoms with E-state index >= 15 is 0 Å². The molecule has 2 aliphatic rings. The van der Waals surface area contributed by atoms with Crippen LogP contribution in [0.5, 0.6) is 0 Å². The molecule has 0 saturated carbocycles. The molecule has 3 aromatic rings. The topological polar surface area (TPSA) is 212 Å². The van der Waals surface area contributed by atoms with Gasteiger partial charge in [0.05, 0.1) is 54.1 Å². The quantitative estimate of drug-likeness (QED) is 0.0205. The summed E-state index contributed by atoms with van der Waals surface area (Å²) in [4.78, 5) is 36.0. The maximum absolute atomic E-state index is 13.4. The number of epoxide rings is 1. The van der Waals surface area contributed by atoms with Gasteiger partial charge in [0.15, 0.2) is 5.65 Å². The number of thiophene rings is 1. The summed E-state index contributed by atoms with van der Waals surface area (Å²) in [6, 6.07) is 3.83. The molecule has 17 heteroatoms. The molecule has 0 amide bonds. The summed E-state index contributed by atoms with van der Waals surface area (Å²) in [5, 5.41) is 46.1. The van der Waals surface area contributed by atoms with E-state index in [4.69, 9.17) is 19.3 Å². The standard InChI is InChI=1S/C26H44O9.C17H19BrFN5S/c1-16(13-23(30)33-11-9-7-5-4-6-8-10-22(28)29)12-20-25(32)24(31)19(15-34-20)14-21-26(35-21)17(2)18(3)27;1-10-13(25-15(11(2)19)14(10)18)9-20-6-4-8-22-17-23-12-5-3-7-21-16(12)24-17/h13,17-21,24-27,31-32H,4-12,14-15H2,1-3H3,(H,28,29);3,5,7,20H,2,4,6,8-9H2,1H3,(H2,21,22,23,24)/b16-13+;/t17-,18-,19-,20-,21+,24+,25-,26-;/m0./s1. The van der Waals surface area contributed by atoms with Crippen molar-refractivity contribution in [3.05, 3.63) is 56.3 Å². The van der Waals surface area contributed by atoms with Crippen molar-refractivity contribution in [3.8, 4) is 0 Å². The van der Waals surface area contributed by atoms with Gasteiger partial charge in [0, 0.05) is 53.0 Å². The van der Waals surface area contributed by atoms with Crippen LogP contribution in [0.15, 0.2) is 41.0 Å². The Morgan fingerprint density at radius 2 is 1.87 bits per heavy atom. The summed E-state index contributed by atoms with van der Waals surface area (Å²) < 4.78 is 30.9. The number of halogens is 2. The van der Waals surface area contributed by atoms with E-state index in [1.165, 1.54) is 17.4 Å². The average Bonchev–Trinajstić information content (AvgIpc) is 3.74. The molecule has 2 saturated heterocycles. The molecule has 0 radical (unpaired) electrons. The molecule has 3 aromatic heterocycles. The Morgan fingerprint density at radius 1 is 1.13 bits per heavy atom. The fraction of sp³-hybridized carbons (Fsp3) is 0.628. The number of carbonyl (C=O) groups excluding carboxylic acids is 1. The fourth-order valence-corrected chi connectivity index (χ4v) is 8.88. The molecular weight excluding hydrogens is 861 g/mol. The average molecular weight is 925 g/mol. The van der Waals surface area contributed by atoms with Crippen LogP contribution in [0.4, 0.5) is 10.3 Å². The van der Waals surface area contributed by atoms with Gasteiger partial charge < -0.3 is 50.3 Å². The number of aromatic amines is 1. The Balaban J connectivity index is 0.000000279. The number of aliphatic hydroxyl groups is 3. The molecule has 5 heterocycles. The Kier molecular flexibility index (Phi) is 20.5. The highest BCUT2D eigenvalue weighted by molar-refractivity contribution is 9.10. The summed E-state index contributed by atoms with van der Waals surface area (Å²) >= 11 is 4.87. The number of aliphatic hydroxyl groups excluding tert-OH is 3. The van der Waals surface area contributed by atoms with Crippen LogP contribution < -0.4 is 10.6 Å². The van der Waals surface area contributed by atoms with Crippen molar-refractivity contribution in [2.24, 2.45) is 11.8 Å². The van der Waals surface area contributed by atoms with Gasteiger partial charge >= 0.3 is 11.9 Å². The molecule has 2 fully saturated rings. The first-order chi connectivity index (χ1) is 28.7. The zero-order valence-corrected chi connectivity index (χ0v) is 37.5. The summed E-state index contributed by atoms with van der Waals surface area (Å²) in [5.74, 6) is -1.08. The van der Waals surface area contributed by atoms with E-state index in [0.717, 1.165) is 84.5 Å². The Labute approximate surface area is 364 Å². The van der Waals surface area contributed by atoms with E-state index in [1.54, 1.807) is 20.0 Å². The molecule has 2 aliphatic heterocycles. The van der Waals surface area contributed by atoms with E-state index in [-0.39, 0.29) is 30.5 Å². The lowest BCUT2D eigenvalue weighted by atomic mass is 9.85. The predicted molar refractivity (Wildman–Crippen MR) is 234 cm³/mol. The first-order valence-electron chi connectivity index (χ1n) is 20.9. The number of imidazole rings is 1. The highest BCUT2D eigenvalue weighted by atomic mass is 79.9. The van der Waals surface area contributed by atoms with Crippen molar-refractivity contribution in [1.82, 2.24) is 20.3 Å². The van der Waals surface area contributed by atoms with E-state index in [0.29, 0.717) is 48.6 Å². The normalized spacial score (nSPS) is 22.4. The van der Waals surface area contributed by atoms with Crippen LogP contribution in [-0.2, 0) is 30.3 Å². The van der Waals surface area contributed by atoms with Gasteiger partial charge in [0.25, 0.3) is 0 Å². The first kappa shape index (κ1) is 49.4. The van der Waals surface area contributed by atoms with E-state index in [9.17, 15) is 29.3 Å². The number of ether oxygens (including phenoxy) is 3. The minimum atomic E-state index is -1.06. The SMILES string of the molecule is C/C(=C\C(=O)OCCCCCCCCC(=O)O)C[C@@H]1OC[C@H](C[C@H]2O[C@H]2[C@@H](C)[C@H](C)O)[C@@H](O)[C@H]1O.C=C(F)c1sc(CNCCCNc2nc3ncccc3[nH]2)c(C)c1Br. The molecular formula is C43H63BrFN5O9S. The number of esters is 1. The summed E-state index contributed by atoms with van der Waals surface area (Å²) in [5.41, 5.74) is 3.41. The number of pyridine rings is 1. The molecule has 0 bridgehead atoms.